The molecule has 0 aromatic heterocycles. The van der Waals surface area contributed by atoms with Gasteiger partial charge in [-0.3, -0.25) is 0 Å². The third-order valence-electron chi connectivity index (χ3n) is 2.23. The molecule has 0 bridgehead atoms. The number of benzene rings is 1. The highest BCUT2D eigenvalue weighted by Gasteiger charge is 2.07. The Bertz CT molecular complexity index is 404. The van der Waals surface area contributed by atoms with Gasteiger partial charge in [-0.2, -0.15) is 0 Å². The van der Waals surface area contributed by atoms with Crippen LogP contribution >= 0.6 is 0 Å². The molecule has 1 aromatic rings. The summed E-state index contributed by atoms with van der Waals surface area (Å²) >= 11 is 0. The zero-order valence-electron chi connectivity index (χ0n) is 11.2. The minimum absolute atomic E-state index is 0.450. The molecule has 0 fully saturated rings. The van der Waals surface area contributed by atoms with E-state index in [-0.39, 0.29) is 0 Å². The Morgan fingerprint density at radius 3 is 2.24 bits per heavy atom. The van der Waals surface area contributed by atoms with Gasteiger partial charge in [-0.1, -0.05) is 69.8 Å². The molecule has 0 unspecified atom stereocenters. The summed E-state index contributed by atoms with van der Waals surface area (Å²) < 4.78 is 0. The fraction of sp³-hybridized carbons (Fsp3) is 0.375. The summed E-state index contributed by atoms with van der Waals surface area (Å²) in [7, 11) is -0.854. The average Bonchev–Trinajstić information content (AvgIpc) is 2.29. The summed E-state index contributed by atoms with van der Waals surface area (Å²) in [4.78, 5) is 0. The molecule has 0 amide bonds. The first-order valence-corrected chi connectivity index (χ1v) is 7.79. The lowest BCUT2D eigenvalue weighted by molar-refractivity contribution is 0.833. The SMILES string of the molecule is CC(C)C#C[Si](/C=C/C(C)C)c1ccccc1. The Hall–Kier alpha value is -1.26. The van der Waals surface area contributed by atoms with Crippen molar-refractivity contribution < 1.29 is 0 Å². The van der Waals surface area contributed by atoms with Gasteiger partial charge in [0.1, 0.15) is 0 Å². The molecule has 0 spiro atoms. The van der Waals surface area contributed by atoms with Crippen molar-refractivity contribution in [2.45, 2.75) is 27.7 Å². The van der Waals surface area contributed by atoms with Gasteiger partial charge in [-0.25, -0.2) is 0 Å². The average molecular weight is 241 g/mol. The van der Waals surface area contributed by atoms with Gasteiger partial charge in [-0.15, -0.1) is 11.5 Å². The van der Waals surface area contributed by atoms with E-state index in [2.05, 4.69) is 81.3 Å². The van der Waals surface area contributed by atoms with Crippen LogP contribution in [0.2, 0.25) is 0 Å². The van der Waals surface area contributed by atoms with Crippen LogP contribution in [0.3, 0.4) is 0 Å². The number of hydrogen-bond donors (Lipinski definition) is 0. The lowest BCUT2D eigenvalue weighted by atomic mass is 10.2. The van der Waals surface area contributed by atoms with Crippen molar-refractivity contribution in [3.8, 4) is 11.5 Å². The summed E-state index contributed by atoms with van der Waals surface area (Å²) in [5.41, 5.74) is 5.78. The van der Waals surface area contributed by atoms with E-state index in [1.54, 1.807) is 0 Å². The maximum atomic E-state index is 3.46. The second kappa shape index (κ2) is 7.14. The molecule has 1 rings (SSSR count). The monoisotopic (exact) mass is 241 g/mol. The molecule has 0 heterocycles. The van der Waals surface area contributed by atoms with Gasteiger partial charge in [0.25, 0.3) is 0 Å². The Morgan fingerprint density at radius 1 is 1.06 bits per heavy atom. The van der Waals surface area contributed by atoms with Gasteiger partial charge in [0.05, 0.1) is 0 Å². The van der Waals surface area contributed by atoms with Crippen LogP contribution in [-0.2, 0) is 0 Å². The molecule has 0 saturated carbocycles. The van der Waals surface area contributed by atoms with Crippen LogP contribution in [0, 0.1) is 23.3 Å². The predicted octanol–water partition coefficient (Wildman–Crippen LogP) is 3.34. The second-order valence-electron chi connectivity index (χ2n) is 4.81. The smallest absolute Gasteiger partial charge is 0.122 e. The first-order chi connectivity index (χ1) is 8.09. The Morgan fingerprint density at radius 2 is 1.71 bits per heavy atom. The zero-order valence-corrected chi connectivity index (χ0v) is 12.2. The molecule has 0 aliphatic carbocycles. The van der Waals surface area contributed by atoms with E-state index >= 15 is 0 Å². The zero-order chi connectivity index (χ0) is 12.7. The van der Waals surface area contributed by atoms with Crippen LogP contribution in [0.5, 0.6) is 0 Å². The molecule has 89 valence electrons. The lowest BCUT2D eigenvalue weighted by Gasteiger charge is -2.04. The van der Waals surface area contributed by atoms with E-state index in [9.17, 15) is 0 Å². The largest absolute Gasteiger partial charge is 0.205 e. The molecule has 0 atom stereocenters. The van der Waals surface area contributed by atoms with Crippen molar-refractivity contribution in [3.63, 3.8) is 0 Å². The standard InChI is InChI=1S/C16H21Si/c1-14(2)10-12-17(13-11-15(3)4)16-8-6-5-7-9-16/h5-10,12,14-15H,1-4H3/b12-10+. The van der Waals surface area contributed by atoms with Crippen LogP contribution in [0.1, 0.15) is 27.7 Å². The summed E-state index contributed by atoms with van der Waals surface area (Å²) in [5, 5.41) is 1.38. The van der Waals surface area contributed by atoms with Crippen molar-refractivity contribution in [3.05, 3.63) is 42.1 Å². The number of rotatable bonds is 3. The second-order valence-corrected chi connectivity index (χ2v) is 6.79. The quantitative estimate of drug-likeness (QED) is 0.562. The molecule has 1 radical (unpaired) electrons. The minimum atomic E-state index is -0.854. The summed E-state index contributed by atoms with van der Waals surface area (Å²) in [6.45, 7) is 8.70. The van der Waals surface area contributed by atoms with Crippen molar-refractivity contribution in [2.75, 3.05) is 0 Å². The molecule has 1 aromatic carbocycles. The van der Waals surface area contributed by atoms with E-state index < -0.39 is 8.80 Å². The van der Waals surface area contributed by atoms with Crippen molar-refractivity contribution >= 4 is 14.0 Å². The highest BCUT2D eigenvalue weighted by Crippen LogP contribution is 1.97. The van der Waals surface area contributed by atoms with E-state index in [1.165, 1.54) is 5.19 Å². The summed E-state index contributed by atoms with van der Waals surface area (Å²) in [5.74, 6) is 4.36. The van der Waals surface area contributed by atoms with Crippen LogP contribution < -0.4 is 5.19 Å². The maximum absolute atomic E-state index is 3.46. The van der Waals surface area contributed by atoms with Crippen LogP contribution in [0.4, 0.5) is 0 Å². The number of hydrogen-bond acceptors (Lipinski definition) is 0. The molecule has 0 aliphatic rings. The predicted molar refractivity (Wildman–Crippen MR) is 78.4 cm³/mol. The van der Waals surface area contributed by atoms with Crippen LogP contribution in [0.25, 0.3) is 0 Å². The third-order valence-corrected chi connectivity index (χ3v) is 4.12. The van der Waals surface area contributed by atoms with E-state index in [0.717, 1.165) is 0 Å². The van der Waals surface area contributed by atoms with E-state index in [1.807, 2.05) is 0 Å². The van der Waals surface area contributed by atoms with Crippen LogP contribution in [-0.4, -0.2) is 8.80 Å². The highest BCUT2D eigenvalue weighted by atomic mass is 28.3. The molecule has 0 N–H and O–H groups in total. The van der Waals surface area contributed by atoms with E-state index in [0.29, 0.717) is 11.8 Å². The van der Waals surface area contributed by atoms with Gasteiger partial charge in [0.15, 0.2) is 0 Å². The normalized spacial score (nSPS) is 11.2. The molecule has 0 nitrogen and oxygen atoms in total. The van der Waals surface area contributed by atoms with Crippen LogP contribution in [0.15, 0.2) is 42.1 Å². The van der Waals surface area contributed by atoms with Gasteiger partial charge in [0.2, 0.25) is 8.80 Å². The summed E-state index contributed by atoms with van der Waals surface area (Å²) in [6, 6.07) is 10.6. The number of allylic oxidation sites excluding steroid dienone is 1. The summed E-state index contributed by atoms with van der Waals surface area (Å²) in [6.07, 6.45) is 2.27. The van der Waals surface area contributed by atoms with Gasteiger partial charge < -0.3 is 0 Å². The van der Waals surface area contributed by atoms with Gasteiger partial charge in [-0.05, 0) is 11.1 Å². The molecule has 1 heteroatoms. The molecule has 0 aliphatic heterocycles. The topological polar surface area (TPSA) is 0 Å². The molecular weight excluding hydrogens is 220 g/mol. The molecule has 17 heavy (non-hydrogen) atoms. The molecular formula is C16H21Si. The highest BCUT2D eigenvalue weighted by molar-refractivity contribution is 6.84. The van der Waals surface area contributed by atoms with Crippen molar-refractivity contribution in [1.82, 2.24) is 0 Å². The first kappa shape index (κ1) is 13.8. The van der Waals surface area contributed by atoms with E-state index in [4.69, 9.17) is 0 Å². The minimum Gasteiger partial charge on any atom is -0.122 e. The lowest BCUT2D eigenvalue weighted by Crippen LogP contribution is -2.26. The van der Waals surface area contributed by atoms with Gasteiger partial charge in [0, 0.05) is 5.92 Å². The first-order valence-electron chi connectivity index (χ1n) is 6.21. The van der Waals surface area contributed by atoms with Crippen molar-refractivity contribution in [1.29, 1.82) is 0 Å². The fourth-order valence-electron chi connectivity index (χ4n) is 1.34. The Labute approximate surface area is 107 Å². The molecule has 0 saturated heterocycles. The Kier molecular flexibility index (Phi) is 5.80. The maximum Gasteiger partial charge on any atom is 0.205 e. The Balaban J connectivity index is 2.92. The van der Waals surface area contributed by atoms with Crippen molar-refractivity contribution in [2.24, 2.45) is 11.8 Å². The fourth-order valence-corrected chi connectivity index (χ4v) is 3.33. The third kappa shape index (κ3) is 5.56. The van der Waals surface area contributed by atoms with Gasteiger partial charge >= 0.3 is 0 Å².